The van der Waals surface area contributed by atoms with Crippen LogP contribution >= 0.6 is 10.7 Å². The summed E-state index contributed by atoms with van der Waals surface area (Å²) in [6.07, 6.45) is 0.729. The highest BCUT2D eigenvalue weighted by molar-refractivity contribution is 8.13. The summed E-state index contributed by atoms with van der Waals surface area (Å²) in [7, 11) is 3.24. The highest BCUT2D eigenvalue weighted by Gasteiger charge is 2.08. The Morgan fingerprint density at radius 1 is 0.947 bits per heavy atom. The lowest BCUT2D eigenvalue weighted by Crippen LogP contribution is -1.93. The Balaban J connectivity index is 2.15. The van der Waals surface area contributed by atoms with Crippen molar-refractivity contribution < 1.29 is 13.2 Å². The monoisotopic (exact) mass is 296 g/mol. The Morgan fingerprint density at radius 3 is 1.84 bits per heavy atom. The van der Waals surface area contributed by atoms with Crippen LogP contribution < -0.4 is 4.74 Å². The lowest BCUT2D eigenvalue weighted by Gasteiger charge is -2.04. The summed E-state index contributed by atoms with van der Waals surface area (Å²) in [6, 6.07) is 14.3. The molecule has 0 amide bonds. The number of ether oxygens (including phenoxy) is 1. The minimum atomic E-state index is -3.65. The second-order valence-corrected chi connectivity index (χ2v) is 6.67. The van der Waals surface area contributed by atoms with E-state index in [1.165, 1.54) is 12.1 Å². The average Bonchev–Trinajstić information content (AvgIpc) is 2.39. The molecule has 0 saturated heterocycles. The van der Waals surface area contributed by atoms with Gasteiger partial charge in [-0.15, -0.1) is 0 Å². The molecular weight excluding hydrogens is 284 g/mol. The predicted molar refractivity (Wildman–Crippen MR) is 75.3 cm³/mol. The Kier molecular flexibility index (Phi) is 4.12. The van der Waals surface area contributed by atoms with E-state index in [1.54, 1.807) is 19.2 Å². The van der Waals surface area contributed by atoms with Gasteiger partial charge in [0.2, 0.25) is 0 Å². The maximum absolute atomic E-state index is 11.1. The molecule has 0 radical (unpaired) electrons. The van der Waals surface area contributed by atoms with E-state index in [9.17, 15) is 8.42 Å². The van der Waals surface area contributed by atoms with Crippen molar-refractivity contribution in [2.75, 3.05) is 7.11 Å². The Labute approximate surface area is 117 Å². The summed E-state index contributed by atoms with van der Waals surface area (Å²) >= 11 is 0. The third kappa shape index (κ3) is 3.72. The summed E-state index contributed by atoms with van der Waals surface area (Å²) in [6.45, 7) is 0. The summed E-state index contributed by atoms with van der Waals surface area (Å²) < 4.78 is 27.3. The van der Waals surface area contributed by atoms with Gasteiger partial charge in [-0.3, -0.25) is 0 Å². The van der Waals surface area contributed by atoms with Gasteiger partial charge in [-0.1, -0.05) is 24.3 Å². The van der Waals surface area contributed by atoms with Crippen molar-refractivity contribution in [3.8, 4) is 5.75 Å². The molecule has 3 nitrogen and oxygen atoms in total. The van der Waals surface area contributed by atoms with E-state index in [0.29, 0.717) is 0 Å². The van der Waals surface area contributed by atoms with Gasteiger partial charge < -0.3 is 4.74 Å². The van der Waals surface area contributed by atoms with Crippen LogP contribution in [0.1, 0.15) is 11.1 Å². The molecule has 0 bridgehead atoms. The van der Waals surface area contributed by atoms with Crippen molar-refractivity contribution in [2.45, 2.75) is 11.3 Å². The van der Waals surface area contributed by atoms with Gasteiger partial charge in [-0.05, 0) is 41.8 Å². The Bertz CT molecular complexity index is 646. The first kappa shape index (κ1) is 13.9. The number of rotatable bonds is 4. The van der Waals surface area contributed by atoms with Gasteiger partial charge in [0.05, 0.1) is 12.0 Å². The van der Waals surface area contributed by atoms with Crippen LogP contribution in [0.3, 0.4) is 0 Å². The number of hydrogen-bond donors (Lipinski definition) is 0. The van der Waals surface area contributed by atoms with Crippen LogP contribution in [0.2, 0.25) is 0 Å². The van der Waals surface area contributed by atoms with Crippen LogP contribution in [0, 0.1) is 0 Å². The number of methoxy groups -OCH3 is 1. The third-order valence-corrected chi connectivity index (χ3v) is 4.14. The molecule has 2 rings (SSSR count). The second kappa shape index (κ2) is 5.63. The van der Waals surface area contributed by atoms with E-state index in [1.807, 2.05) is 24.3 Å². The minimum absolute atomic E-state index is 0.118. The fourth-order valence-electron chi connectivity index (χ4n) is 1.75. The first-order chi connectivity index (χ1) is 8.99. The average molecular weight is 297 g/mol. The molecule has 0 aliphatic heterocycles. The molecule has 2 aromatic carbocycles. The van der Waals surface area contributed by atoms with Crippen LogP contribution in [-0.2, 0) is 15.5 Å². The normalized spacial score (nSPS) is 11.3. The molecule has 0 heterocycles. The van der Waals surface area contributed by atoms with E-state index >= 15 is 0 Å². The summed E-state index contributed by atoms with van der Waals surface area (Å²) in [4.78, 5) is 0.118. The first-order valence-corrected chi connectivity index (χ1v) is 7.96. The molecule has 0 spiro atoms. The van der Waals surface area contributed by atoms with Crippen LogP contribution in [-0.4, -0.2) is 15.5 Å². The minimum Gasteiger partial charge on any atom is -0.497 e. The summed E-state index contributed by atoms with van der Waals surface area (Å²) in [5, 5.41) is 0. The highest BCUT2D eigenvalue weighted by Crippen LogP contribution is 2.18. The van der Waals surface area contributed by atoms with Crippen LogP contribution in [0.5, 0.6) is 5.75 Å². The van der Waals surface area contributed by atoms with Crippen molar-refractivity contribution >= 4 is 19.7 Å². The fourth-order valence-corrected chi connectivity index (χ4v) is 2.52. The molecule has 0 atom stereocenters. The second-order valence-electron chi connectivity index (χ2n) is 4.11. The van der Waals surface area contributed by atoms with Gasteiger partial charge in [0, 0.05) is 10.7 Å². The van der Waals surface area contributed by atoms with Gasteiger partial charge in [0.25, 0.3) is 9.05 Å². The van der Waals surface area contributed by atoms with Gasteiger partial charge >= 0.3 is 0 Å². The van der Waals surface area contributed by atoms with E-state index in [-0.39, 0.29) is 4.90 Å². The quantitative estimate of drug-likeness (QED) is 0.814. The predicted octanol–water partition coefficient (Wildman–Crippen LogP) is 3.21. The molecule has 0 saturated carbocycles. The molecule has 2 aromatic rings. The molecular formula is C14H13ClO3S. The van der Waals surface area contributed by atoms with E-state index in [0.717, 1.165) is 23.3 Å². The van der Waals surface area contributed by atoms with Crippen molar-refractivity contribution in [3.63, 3.8) is 0 Å². The first-order valence-electron chi connectivity index (χ1n) is 5.65. The van der Waals surface area contributed by atoms with Gasteiger partial charge in [-0.25, -0.2) is 8.42 Å². The highest BCUT2D eigenvalue weighted by atomic mass is 35.7. The largest absolute Gasteiger partial charge is 0.497 e. The standard InChI is InChI=1S/C14H13ClO3S/c1-18-13-6-2-11(3-7-13)10-12-4-8-14(9-5-12)19(15,16)17/h2-9H,10H2,1H3. The lowest BCUT2D eigenvalue weighted by molar-refractivity contribution is 0.414. The van der Waals surface area contributed by atoms with Gasteiger partial charge in [0.15, 0.2) is 0 Å². The molecule has 0 aliphatic rings. The molecule has 100 valence electrons. The molecule has 0 fully saturated rings. The number of hydrogen-bond acceptors (Lipinski definition) is 3. The van der Waals surface area contributed by atoms with E-state index < -0.39 is 9.05 Å². The molecule has 0 N–H and O–H groups in total. The molecule has 19 heavy (non-hydrogen) atoms. The Hall–Kier alpha value is -1.52. The maximum Gasteiger partial charge on any atom is 0.261 e. The SMILES string of the molecule is COc1ccc(Cc2ccc(S(=O)(=O)Cl)cc2)cc1. The molecule has 0 aliphatic carbocycles. The van der Waals surface area contributed by atoms with E-state index in [4.69, 9.17) is 15.4 Å². The van der Waals surface area contributed by atoms with Crippen LogP contribution in [0.25, 0.3) is 0 Å². The number of halogens is 1. The maximum atomic E-state index is 11.1. The summed E-state index contributed by atoms with van der Waals surface area (Å²) in [5.41, 5.74) is 2.15. The van der Waals surface area contributed by atoms with Crippen LogP contribution in [0.4, 0.5) is 0 Å². The zero-order valence-electron chi connectivity index (χ0n) is 10.3. The zero-order valence-corrected chi connectivity index (χ0v) is 11.9. The Morgan fingerprint density at radius 2 is 1.42 bits per heavy atom. The summed E-state index contributed by atoms with van der Waals surface area (Å²) in [5.74, 6) is 0.812. The fraction of sp³-hybridized carbons (Fsp3) is 0.143. The van der Waals surface area contributed by atoms with Gasteiger partial charge in [0.1, 0.15) is 5.75 Å². The van der Waals surface area contributed by atoms with Crippen molar-refractivity contribution in [3.05, 3.63) is 59.7 Å². The third-order valence-electron chi connectivity index (χ3n) is 2.77. The topological polar surface area (TPSA) is 43.4 Å². The number of benzene rings is 2. The zero-order chi connectivity index (χ0) is 13.9. The molecule has 0 unspecified atom stereocenters. The molecule has 0 aromatic heterocycles. The molecule has 5 heteroatoms. The van der Waals surface area contributed by atoms with Crippen LogP contribution in [0.15, 0.2) is 53.4 Å². The van der Waals surface area contributed by atoms with Crippen molar-refractivity contribution in [2.24, 2.45) is 0 Å². The van der Waals surface area contributed by atoms with Crippen molar-refractivity contribution in [1.29, 1.82) is 0 Å². The van der Waals surface area contributed by atoms with Crippen molar-refractivity contribution in [1.82, 2.24) is 0 Å². The van der Waals surface area contributed by atoms with E-state index in [2.05, 4.69) is 0 Å². The lowest BCUT2D eigenvalue weighted by atomic mass is 10.1. The van der Waals surface area contributed by atoms with Gasteiger partial charge in [-0.2, -0.15) is 0 Å². The smallest absolute Gasteiger partial charge is 0.261 e.